The molecule has 7 nitrogen and oxygen atoms in total. The van der Waals surface area contributed by atoms with Crippen LogP contribution in [0.4, 0.5) is 10.1 Å². The average Bonchev–Trinajstić information content (AvgIpc) is 2.75. The molecule has 0 aliphatic carbocycles. The van der Waals surface area contributed by atoms with E-state index in [1.807, 2.05) is 6.92 Å². The van der Waals surface area contributed by atoms with Gasteiger partial charge in [-0.3, -0.25) is 9.59 Å². The Morgan fingerprint density at radius 1 is 1.13 bits per heavy atom. The number of methoxy groups -OCH3 is 1. The quantitative estimate of drug-likeness (QED) is 0.716. The highest BCUT2D eigenvalue weighted by Gasteiger charge is 2.17. The third kappa shape index (κ3) is 5.40. The van der Waals surface area contributed by atoms with Gasteiger partial charge in [-0.05, 0) is 43.2 Å². The lowest BCUT2D eigenvalue weighted by Crippen LogP contribution is -2.38. The second kappa shape index (κ2) is 9.96. The van der Waals surface area contributed by atoms with Gasteiger partial charge < -0.3 is 24.4 Å². The fourth-order valence-corrected chi connectivity index (χ4v) is 3.15. The molecule has 2 amide bonds. The summed E-state index contributed by atoms with van der Waals surface area (Å²) in [6.45, 7) is 3.09. The largest absolute Gasteiger partial charge is 0.494 e. The Kier molecular flexibility index (Phi) is 7.11. The molecule has 1 aliphatic heterocycles. The van der Waals surface area contributed by atoms with Crippen LogP contribution in [-0.2, 0) is 16.0 Å². The number of halogens is 1. The van der Waals surface area contributed by atoms with Crippen molar-refractivity contribution in [3.63, 3.8) is 0 Å². The van der Waals surface area contributed by atoms with Crippen molar-refractivity contribution in [2.45, 2.75) is 19.8 Å². The molecular weight excluding hydrogens is 391 g/mol. The molecule has 0 saturated carbocycles. The molecule has 1 heterocycles. The maximum Gasteiger partial charge on any atom is 0.243 e. The lowest BCUT2D eigenvalue weighted by Gasteiger charge is -2.21. The van der Waals surface area contributed by atoms with Crippen LogP contribution in [0, 0.1) is 5.82 Å². The number of anilines is 1. The van der Waals surface area contributed by atoms with Crippen LogP contribution in [0.3, 0.4) is 0 Å². The molecule has 0 bridgehead atoms. The van der Waals surface area contributed by atoms with Crippen molar-refractivity contribution in [2.75, 3.05) is 38.7 Å². The van der Waals surface area contributed by atoms with Crippen molar-refractivity contribution in [3.8, 4) is 17.2 Å². The molecule has 30 heavy (non-hydrogen) atoms. The van der Waals surface area contributed by atoms with Crippen LogP contribution < -0.4 is 19.5 Å². The Morgan fingerprint density at radius 2 is 1.90 bits per heavy atom. The van der Waals surface area contributed by atoms with Crippen molar-refractivity contribution >= 4 is 17.5 Å². The predicted octanol–water partition coefficient (Wildman–Crippen LogP) is 3.03. The first-order valence-corrected chi connectivity index (χ1v) is 9.80. The fraction of sp³-hybridized carbons (Fsp3) is 0.364. The first-order valence-electron chi connectivity index (χ1n) is 9.80. The maximum atomic E-state index is 13.8. The summed E-state index contributed by atoms with van der Waals surface area (Å²) in [7, 11) is 1.40. The number of hydrogen-bond donors (Lipinski definition) is 1. The second-order valence-electron chi connectivity index (χ2n) is 6.78. The molecule has 0 radical (unpaired) electrons. The zero-order chi connectivity index (χ0) is 21.5. The van der Waals surface area contributed by atoms with Gasteiger partial charge in [-0.25, -0.2) is 4.39 Å². The number of nitrogens with zero attached hydrogens (tertiary/aromatic N) is 1. The third-order valence-corrected chi connectivity index (χ3v) is 4.74. The minimum Gasteiger partial charge on any atom is -0.494 e. The molecule has 0 atom stereocenters. The number of nitrogens with one attached hydrogen (secondary N) is 1. The number of carbonyl (C=O) groups excluding carboxylic acids is 2. The highest BCUT2D eigenvalue weighted by atomic mass is 19.1. The molecule has 3 rings (SSSR count). The van der Waals surface area contributed by atoms with E-state index in [4.69, 9.17) is 14.2 Å². The zero-order valence-corrected chi connectivity index (χ0v) is 17.1. The third-order valence-electron chi connectivity index (χ3n) is 4.74. The molecular formula is C22H25FN2O5. The summed E-state index contributed by atoms with van der Waals surface area (Å²) < 4.78 is 29.7. The molecule has 160 valence electrons. The molecule has 0 aromatic heterocycles. The molecule has 0 fully saturated rings. The predicted molar refractivity (Wildman–Crippen MR) is 110 cm³/mol. The van der Waals surface area contributed by atoms with Crippen LogP contribution in [0.15, 0.2) is 36.4 Å². The Bertz CT molecular complexity index is 918. The van der Waals surface area contributed by atoms with Gasteiger partial charge in [-0.1, -0.05) is 6.07 Å². The zero-order valence-electron chi connectivity index (χ0n) is 17.1. The Hall–Kier alpha value is -3.29. The van der Waals surface area contributed by atoms with Crippen LogP contribution >= 0.6 is 0 Å². The summed E-state index contributed by atoms with van der Waals surface area (Å²) in [5.41, 5.74) is 1.26. The topological polar surface area (TPSA) is 77.1 Å². The first-order chi connectivity index (χ1) is 14.5. The summed E-state index contributed by atoms with van der Waals surface area (Å²) in [4.78, 5) is 26.4. The van der Waals surface area contributed by atoms with Crippen molar-refractivity contribution in [1.29, 1.82) is 0 Å². The van der Waals surface area contributed by atoms with Gasteiger partial charge in [0.2, 0.25) is 11.8 Å². The molecule has 0 spiro atoms. The van der Waals surface area contributed by atoms with E-state index in [9.17, 15) is 14.0 Å². The lowest BCUT2D eigenvalue weighted by atomic mass is 10.1. The number of benzene rings is 2. The smallest absolute Gasteiger partial charge is 0.243 e. The van der Waals surface area contributed by atoms with Crippen LogP contribution in [0.25, 0.3) is 0 Å². The molecule has 2 aromatic carbocycles. The fourth-order valence-electron chi connectivity index (χ4n) is 3.15. The monoisotopic (exact) mass is 416 g/mol. The van der Waals surface area contributed by atoms with Crippen molar-refractivity contribution < 1.29 is 28.2 Å². The normalized spacial score (nSPS) is 12.2. The highest BCUT2D eigenvalue weighted by molar-refractivity contribution is 5.94. The van der Waals surface area contributed by atoms with Gasteiger partial charge in [0.1, 0.15) is 13.2 Å². The summed E-state index contributed by atoms with van der Waals surface area (Å²) in [5.74, 6) is 0.432. The van der Waals surface area contributed by atoms with Crippen molar-refractivity contribution in [2.24, 2.45) is 0 Å². The number of aryl methyl sites for hydroxylation is 1. The van der Waals surface area contributed by atoms with Gasteiger partial charge in [0.05, 0.1) is 13.7 Å². The number of likely N-dealkylation sites (N-methyl/N-ethyl adjacent to an activating group) is 1. The molecule has 1 N–H and O–H groups in total. The van der Waals surface area contributed by atoms with Crippen molar-refractivity contribution in [3.05, 3.63) is 47.8 Å². The molecule has 8 heteroatoms. The summed E-state index contributed by atoms with van der Waals surface area (Å²) in [6.07, 6.45) is 0.553. The lowest BCUT2D eigenvalue weighted by molar-refractivity contribution is -0.134. The van der Waals surface area contributed by atoms with Crippen LogP contribution in [0.2, 0.25) is 0 Å². The Labute approximate surface area is 174 Å². The Morgan fingerprint density at radius 3 is 2.60 bits per heavy atom. The van der Waals surface area contributed by atoms with Crippen molar-refractivity contribution in [1.82, 2.24) is 4.90 Å². The molecule has 2 aromatic rings. The summed E-state index contributed by atoms with van der Waals surface area (Å²) >= 11 is 0. The van der Waals surface area contributed by atoms with E-state index < -0.39 is 5.82 Å². The Balaban J connectivity index is 1.53. The van der Waals surface area contributed by atoms with E-state index in [0.29, 0.717) is 48.9 Å². The van der Waals surface area contributed by atoms with Gasteiger partial charge >= 0.3 is 0 Å². The number of fused-ring (bicyclic) bond motifs is 1. The number of hydrogen-bond acceptors (Lipinski definition) is 5. The van der Waals surface area contributed by atoms with Gasteiger partial charge in [-0.2, -0.15) is 0 Å². The van der Waals surface area contributed by atoms with E-state index >= 15 is 0 Å². The first kappa shape index (κ1) is 21.4. The SMILES string of the molecule is CCN(CC(=O)Nc1ccc2c(c1)OCCO2)C(=O)CCc1ccc(OC)c(F)c1. The maximum absolute atomic E-state index is 13.8. The number of rotatable bonds is 8. The van der Waals surface area contributed by atoms with Crippen LogP contribution in [0.1, 0.15) is 18.9 Å². The number of amides is 2. The van der Waals surface area contributed by atoms with Gasteiger partial charge in [0.15, 0.2) is 23.1 Å². The minimum atomic E-state index is -0.464. The second-order valence-corrected chi connectivity index (χ2v) is 6.78. The van der Waals surface area contributed by atoms with E-state index in [1.54, 1.807) is 24.3 Å². The standard InChI is InChI=1S/C22H25FN2O5/c1-3-25(22(27)9-5-15-4-7-18(28-2)17(23)12-15)14-21(26)24-16-6-8-19-20(13-16)30-11-10-29-19/h4,6-8,12-13H,3,5,9-11,14H2,1-2H3,(H,24,26). The summed E-state index contributed by atoms with van der Waals surface area (Å²) in [5, 5.41) is 2.77. The van der Waals surface area contributed by atoms with E-state index in [0.717, 1.165) is 0 Å². The van der Waals surface area contributed by atoms with E-state index in [2.05, 4.69) is 5.32 Å². The number of ether oxygens (including phenoxy) is 3. The minimum absolute atomic E-state index is 0.0687. The van der Waals surface area contributed by atoms with E-state index in [-0.39, 0.29) is 30.5 Å². The summed E-state index contributed by atoms with van der Waals surface area (Å²) in [6, 6.07) is 9.77. The van der Waals surface area contributed by atoms with Gasteiger partial charge in [-0.15, -0.1) is 0 Å². The van der Waals surface area contributed by atoms with Gasteiger partial charge in [0.25, 0.3) is 0 Å². The van der Waals surface area contributed by atoms with E-state index in [1.165, 1.54) is 24.1 Å². The average molecular weight is 416 g/mol. The highest BCUT2D eigenvalue weighted by Crippen LogP contribution is 2.32. The molecule has 0 unspecified atom stereocenters. The molecule has 1 aliphatic rings. The molecule has 0 saturated heterocycles. The van der Waals surface area contributed by atoms with Crippen LogP contribution in [-0.4, -0.2) is 50.1 Å². The van der Waals surface area contributed by atoms with Gasteiger partial charge in [0, 0.05) is 24.7 Å². The number of carbonyl (C=O) groups is 2. The van der Waals surface area contributed by atoms with Crippen LogP contribution in [0.5, 0.6) is 17.2 Å².